The summed E-state index contributed by atoms with van der Waals surface area (Å²) in [5.74, 6) is -0.373. The van der Waals surface area contributed by atoms with E-state index in [4.69, 9.17) is 0 Å². The predicted molar refractivity (Wildman–Crippen MR) is 104 cm³/mol. The van der Waals surface area contributed by atoms with Crippen LogP contribution in [-0.2, 0) is 20.2 Å². The highest BCUT2D eigenvalue weighted by atomic mass is 32.2. The molecule has 148 valence electrons. The molecule has 2 aliphatic rings. The van der Waals surface area contributed by atoms with Gasteiger partial charge in [-0.2, -0.15) is 4.31 Å². The molecule has 1 saturated carbocycles. The van der Waals surface area contributed by atoms with Crippen LogP contribution in [0.1, 0.15) is 24.8 Å². The number of hydrogen-bond acceptors (Lipinski definition) is 3. The fourth-order valence-electron chi connectivity index (χ4n) is 3.90. The predicted octanol–water partition coefficient (Wildman–Crippen LogP) is 2.78. The second kappa shape index (κ2) is 7.29. The number of carbonyl (C=O) groups is 1. The summed E-state index contributed by atoms with van der Waals surface area (Å²) in [6.07, 6.45) is 2.25. The van der Waals surface area contributed by atoms with E-state index in [-0.39, 0.29) is 17.3 Å². The van der Waals surface area contributed by atoms with Gasteiger partial charge in [0.1, 0.15) is 5.82 Å². The van der Waals surface area contributed by atoms with E-state index in [9.17, 15) is 17.6 Å². The van der Waals surface area contributed by atoms with Gasteiger partial charge in [0.2, 0.25) is 15.9 Å². The molecule has 0 N–H and O–H groups in total. The molecule has 28 heavy (non-hydrogen) atoms. The second-order valence-electron chi connectivity index (χ2n) is 7.45. The smallest absolute Gasteiger partial charge is 0.243 e. The van der Waals surface area contributed by atoms with Crippen molar-refractivity contribution in [2.24, 2.45) is 0 Å². The number of rotatable bonds is 4. The Balaban J connectivity index is 1.48. The molecule has 0 aromatic heterocycles. The summed E-state index contributed by atoms with van der Waals surface area (Å²) in [6.45, 7) is 1.51. The minimum Gasteiger partial charge on any atom is -0.341 e. The lowest BCUT2D eigenvalue weighted by Gasteiger charge is -2.26. The summed E-state index contributed by atoms with van der Waals surface area (Å²) in [4.78, 5) is 15.1. The van der Waals surface area contributed by atoms with Gasteiger partial charge in [-0.15, -0.1) is 0 Å². The topological polar surface area (TPSA) is 57.7 Å². The first-order valence-corrected chi connectivity index (χ1v) is 11.0. The number of nitrogens with zero attached hydrogens (tertiary/aromatic N) is 2. The van der Waals surface area contributed by atoms with Gasteiger partial charge in [0.15, 0.2) is 0 Å². The molecule has 0 atom stereocenters. The summed E-state index contributed by atoms with van der Waals surface area (Å²) in [6, 6.07) is 14.7. The summed E-state index contributed by atoms with van der Waals surface area (Å²) < 4.78 is 40.2. The lowest BCUT2D eigenvalue weighted by Crippen LogP contribution is -2.42. The number of halogens is 1. The maximum atomic E-state index is 13.2. The number of carbonyl (C=O) groups excluding carboxylic acids is 1. The van der Waals surface area contributed by atoms with Gasteiger partial charge < -0.3 is 4.90 Å². The summed E-state index contributed by atoms with van der Waals surface area (Å²) >= 11 is 0. The van der Waals surface area contributed by atoms with Crippen LogP contribution in [0.3, 0.4) is 0 Å². The third-order valence-corrected chi connectivity index (χ3v) is 7.59. The highest BCUT2D eigenvalue weighted by Gasteiger charge is 2.53. The SMILES string of the molecule is O=C(N1CCCN(S(=O)(=O)c2ccc(F)cc2)CC1)C1(c2ccccc2)CC1. The molecule has 0 spiro atoms. The summed E-state index contributed by atoms with van der Waals surface area (Å²) in [7, 11) is -3.69. The standard InChI is InChI=1S/C21H23FN2O3S/c22-18-7-9-19(10-8-18)28(26,27)24-14-4-13-23(15-16-24)20(25)21(11-12-21)17-5-2-1-3-6-17/h1-3,5-10H,4,11-16H2. The first kappa shape index (κ1) is 19.1. The minimum absolute atomic E-state index is 0.0802. The van der Waals surface area contributed by atoms with Crippen molar-refractivity contribution >= 4 is 15.9 Å². The monoisotopic (exact) mass is 402 g/mol. The van der Waals surface area contributed by atoms with Gasteiger partial charge in [-0.1, -0.05) is 30.3 Å². The Morgan fingerprint density at radius 1 is 0.893 bits per heavy atom. The number of amides is 1. The van der Waals surface area contributed by atoms with E-state index >= 15 is 0 Å². The average molecular weight is 402 g/mol. The van der Waals surface area contributed by atoms with E-state index in [2.05, 4.69) is 0 Å². The van der Waals surface area contributed by atoms with Gasteiger partial charge in [0.25, 0.3) is 0 Å². The van der Waals surface area contributed by atoms with Gasteiger partial charge in [-0.05, 0) is 49.1 Å². The molecule has 2 aromatic carbocycles. The molecule has 1 aliphatic heterocycles. The van der Waals surface area contributed by atoms with Gasteiger partial charge in [0, 0.05) is 26.2 Å². The Morgan fingerprint density at radius 3 is 2.21 bits per heavy atom. The molecule has 2 fully saturated rings. The lowest BCUT2D eigenvalue weighted by molar-refractivity contribution is -0.133. The number of sulfonamides is 1. The zero-order chi connectivity index (χ0) is 19.8. The third kappa shape index (κ3) is 3.44. The van der Waals surface area contributed by atoms with E-state index < -0.39 is 21.3 Å². The van der Waals surface area contributed by atoms with Gasteiger partial charge in [0.05, 0.1) is 10.3 Å². The highest BCUT2D eigenvalue weighted by Crippen LogP contribution is 2.49. The maximum Gasteiger partial charge on any atom is 0.243 e. The Hall–Kier alpha value is -2.25. The average Bonchev–Trinajstić information content (AvgIpc) is 3.53. The molecule has 7 heteroatoms. The molecule has 0 unspecified atom stereocenters. The van der Waals surface area contributed by atoms with Crippen molar-refractivity contribution in [2.75, 3.05) is 26.2 Å². The molecule has 0 radical (unpaired) electrons. The van der Waals surface area contributed by atoms with Gasteiger partial charge in [-0.25, -0.2) is 12.8 Å². The third-order valence-electron chi connectivity index (χ3n) is 5.68. The number of benzene rings is 2. The van der Waals surface area contributed by atoms with Crippen molar-refractivity contribution in [1.82, 2.24) is 9.21 Å². The first-order chi connectivity index (χ1) is 13.4. The molecule has 1 heterocycles. The minimum atomic E-state index is -3.69. The molecule has 1 amide bonds. The molecule has 5 nitrogen and oxygen atoms in total. The van der Waals surface area contributed by atoms with E-state index in [0.717, 1.165) is 30.5 Å². The van der Waals surface area contributed by atoms with E-state index in [1.54, 1.807) is 4.90 Å². The quantitative estimate of drug-likeness (QED) is 0.790. The molecule has 0 bridgehead atoms. The lowest BCUT2D eigenvalue weighted by atomic mass is 9.94. The van der Waals surface area contributed by atoms with Gasteiger partial charge in [-0.3, -0.25) is 4.79 Å². The molecule has 1 aliphatic carbocycles. The Kier molecular flexibility index (Phi) is 4.97. The molecule has 4 rings (SSSR count). The fraction of sp³-hybridized carbons (Fsp3) is 0.381. The van der Waals surface area contributed by atoms with Crippen LogP contribution < -0.4 is 0 Å². The number of hydrogen-bond donors (Lipinski definition) is 0. The van der Waals surface area contributed by atoms with Crippen molar-refractivity contribution in [3.8, 4) is 0 Å². The fourth-order valence-corrected chi connectivity index (χ4v) is 5.37. The Morgan fingerprint density at radius 2 is 1.57 bits per heavy atom. The summed E-state index contributed by atoms with van der Waals surface area (Å²) in [5.41, 5.74) is 0.603. The van der Waals surface area contributed by atoms with Gasteiger partial charge >= 0.3 is 0 Å². The largest absolute Gasteiger partial charge is 0.341 e. The van der Waals surface area contributed by atoms with Crippen molar-refractivity contribution in [3.05, 3.63) is 66.0 Å². The zero-order valence-electron chi connectivity index (χ0n) is 15.6. The molecule has 1 saturated heterocycles. The highest BCUT2D eigenvalue weighted by molar-refractivity contribution is 7.89. The first-order valence-electron chi connectivity index (χ1n) is 9.54. The second-order valence-corrected chi connectivity index (χ2v) is 9.39. The van der Waals surface area contributed by atoms with Crippen LogP contribution >= 0.6 is 0 Å². The van der Waals surface area contributed by atoms with Crippen LogP contribution in [0.25, 0.3) is 0 Å². The Labute approximate surface area is 164 Å². The maximum absolute atomic E-state index is 13.2. The zero-order valence-corrected chi connectivity index (χ0v) is 16.4. The van der Waals surface area contributed by atoms with Crippen LogP contribution in [-0.4, -0.2) is 49.7 Å². The van der Waals surface area contributed by atoms with E-state index in [1.807, 2.05) is 30.3 Å². The van der Waals surface area contributed by atoms with Crippen molar-refractivity contribution in [1.29, 1.82) is 0 Å². The van der Waals surface area contributed by atoms with Crippen molar-refractivity contribution < 1.29 is 17.6 Å². The van der Waals surface area contributed by atoms with Crippen LogP contribution in [0, 0.1) is 5.82 Å². The molecular weight excluding hydrogens is 379 g/mol. The van der Waals surface area contributed by atoms with Crippen molar-refractivity contribution in [3.63, 3.8) is 0 Å². The molecule has 2 aromatic rings. The normalized spacial score (nSPS) is 19.8. The Bertz CT molecular complexity index is 957. The van der Waals surface area contributed by atoms with E-state index in [0.29, 0.717) is 26.1 Å². The summed E-state index contributed by atoms with van der Waals surface area (Å²) in [5, 5.41) is 0. The van der Waals surface area contributed by atoms with Crippen molar-refractivity contribution in [2.45, 2.75) is 29.6 Å². The van der Waals surface area contributed by atoms with Crippen LogP contribution in [0.5, 0.6) is 0 Å². The molecular formula is C21H23FN2O3S. The van der Waals surface area contributed by atoms with E-state index in [1.165, 1.54) is 16.4 Å². The van der Waals surface area contributed by atoms with Crippen LogP contribution in [0.15, 0.2) is 59.5 Å². The van der Waals surface area contributed by atoms with Crippen LogP contribution in [0.4, 0.5) is 4.39 Å². The van der Waals surface area contributed by atoms with Crippen LogP contribution in [0.2, 0.25) is 0 Å².